The van der Waals surface area contributed by atoms with Crippen LogP contribution in [0.4, 0.5) is 0 Å². The fourth-order valence-corrected chi connectivity index (χ4v) is 2.01. The molecular weight excluding hydrogens is 305 g/mol. The van der Waals surface area contributed by atoms with Gasteiger partial charge in [0.2, 0.25) is 0 Å². The summed E-state index contributed by atoms with van der Waals surface area (Å²) in [5.41, 5.74) is 0.501. The second kappa shape index (κ2) is 5.38. The molecule has 1 aromatic rings. The molecule has 1 unspecified atom stereocenters. The maximum atomic E-state index is 11.8. The van der Waals surface area contributed by atoms with E-state index >= 15 is 0 Å². The van der Waals surface area contributed by atoms with E-state index in [4.69, 9.17) is 11.6 Å². The first-order valence-corrected chi connectivity index (χ1v) is 6.66. The number of hydrogen-bond donors (Lipinski definition) is 2. The lowest BCUT2D eigenvalue weighted by Gasteiger charge is -2.10. The summed E-state index contributed by atoms with van der Waals surface area (Å²) < 4.78 is 0.758. The monoisotopic (exact) mass is 317 g/mol. The Morgan fingerprint density at radius 1 is 1.59 bits per heavy atom. The summed E-state index contributed by atoms with van der Waals surface area (Å²) in [6.45, 7) is 0.303. The number of hydrogen-bond acceptors (Lipinski definition) is 2. The lowest BCUT2D eigenvalue weighted by Crippen LogP contribution is -2.33. The van der Waals surface area contributed by atoms with Crippen LogP contribution in [0.5, 0.6) is 0 Å². The van der Waals surface area contributed by atoms with E-state index in [9.17, 15) is 9.90 Å². The predicted molar refractivity (Wildman–Crippen MR) is 70.2 cm³/mol. The number of aliphatic hydroxyl groups is 1. The molecule has 0 aromatic heterocycles. The summed E-state index contributed by atoms with van der Waals surface area (Å²) in [6.07, 6.45) is 1.69. The molecule has 2 rings (SSSR count). The number of nitrogens with one attached hydrogen (secondary N) is 1. The Balaban J connectivity index is 1.92. The zero-order valence-corrected chi connectivity index (χ0v) is 11.5. The highest BCUT2D eigenvalue weighted by Crippen LogP contribution is 2.32. The van der Waals surface area contributed by atoms with E-state index < -0.39 is 6.10 Å². The Bertz CT molecular complexity index is 435. The minimum absolute atomic E-state index is 0.209. The Morgan fingerprint density at radius 3 is 2.88 bits per heavy atom. The van der Waals surface area contributed by atoms with Crippen LogP contribution >= 0.6 is 27.5 Å². The molecule has 1 aliphatic carbocycles. The Morgan fingerprint density at radius 2 is 2.29 bits per heavy atom. The van der Waals surface area contributed by atoms with Crippen LogP contribution in [0, 0.1) is 5.92 Å². The average Bonchev–Trinajstić information content (AvgIpc) is 3.13. The van der Waals surface area contributed by atoms with Gasteiger partial charge in [-0.1, -0.05) is 11.6 Å². The molecule has 1 aromatic carbocycles. The molecule has 1 atom stereocenters. The molecule has 2 N–H and O–H groups in total. The van der Waals surface area contributed by atoms with E-state index in [0.717, 1.165) is 17.3 Å². The van der Waals surface area contributed by atoms with E-state index in [0.29, 0.717) is 23.0 Å². The smallest absolute Gasteiger partial charge is 0.251 e. The topological polar surface area (TPSA) is 49.3 Å². The van der Waals surface area contributed by atoms with Gasteiger partial charge in [0.1, 0.15) is 0 Å². The first-order chi connectivity index (χ1) is 8.08. The summed E-state index contributed by atoms with van der Waals surface area (Å²) in [4.78, 5) is 11.8. The fraction of sp³-hybridized carbons (Fsp3) is 0.417. The van der Waals surface area contributed by atoms with Gasteiger partial charge in [-0.15, -0.1) is 0 Å². The number of aliphatic hydroxyl groups excluding tert-OH is 1. The van der Waals surface area contributed by atoms with Crippen molar-refractivity contribution >= 4 is 33.4 Å². The lowest BCUT2D eigenvalue weighted by atomic mass is 10.2. The molecule has 0 radical (unpaired) electrons. The Labute approximate surface area is 113 Å². The van der Waals surface area contributed by atoms with Crippen molar-refractivity contribution in [3.8, 4) is 0 Å². The Hall–Kier alpha value is -0.580. The van der Waals surface area contributed by atoms with E-state index in [1.54, 1.807) is 18.2 Å². The van der Waals surface area contributed by atoms with Crippen molar-refractivity contribution in [1.82, 2.24) is 5.32 Å². The molecule has 92 valence electrons. The molecule has 3 nitrogen and oxygen atoms in total. The summed E-state index contributed by atoms with van der Waals surface area (Å²) >= 11 is 9.17. The molecule has 0 saturated heterocycles. The van der Waals surface area contributed by atoms with Crippen molar-refractivity contribution < 1.29 is 9.90 Å². The molecule has 0 heterocycles. The zero-order valence-electron chi connectivity index (χ0n) is 9.12. The molecule has 0 spiro atoms. The largest absolute Gasteiger partial charge is 0.391 e. The number of amides is 1. The van der Waals surface area contributed by atoms with Crippen molar-refractivity contribution in [1.29, 1.82) is 0 Å². The number of carbonyl (C=O) groups excluding carboxylic acids is 1. The predicted octanol–water partition coefficient (Wildman–Crippen LogP) is 2.60. The van der Waals surface area contributed by atoms with Gasteiger partial charge in [0.05, 0.1) is 11.1 Å². The third-order valence-corrected chi connectivity index (χ3v) is 4.05. The highest BCUT2D eigenvalue weighted by Gasteiger charge is 2.29. The van der Waals surface area contributed by atoms with Gasteiger partial charge >= 0.3 is 0 Å². The van der Waals surface area contributed by atoms with Gasteiger partial charge in [-0.25, -0.2) is 0 Å². The third-order valence-electron chi connectivity index (χ3n) is 2.82. The summed E-state index contributed by atoms with van der Waals surface area (Å²) in [5, 5.41) is 12.8. The second-order valence-electron chi connectivity index (χ2n) is 4.24. The van der Waals surface area contributed by atoms with Crippen LogP contribution in [0.3, 0.4) is 0 Å². The lowest BCUT2D eigenvalue weighted by molar-refractivity contribution is 0.0901. The quantitative estimate of drug-likeness (QED) is 0.896. The number of benzene rings is 1. The second-order valence-corrected chi connectivity index (χ2v) is 5.51. The highest BCUT2D eigenvalue weighted by molar-refractivity contribution is 9.10. The fourth-order valence-electron chi connectivity index (χ4n) is 1.58. The average molecular weight is 319 g/mol. The standard InChI is InChI=1S/C12H13BrClNO2/c13-9-4-3-8(5-10(9)14)12(17)15-6-11(16)7-1-2-7/h3-5,7,11,16H,1-2,6H2,(H,15,17). The SMILES string of the molecule is O=C(NCC(O)C1CC1)c1ccc(Br)c(Cl)c1. The van der Waals surface area contributed by atoms with E-state index in [1.165, 1.54) is 0 Å². The summed E-state index contributed by atoms with van der Waals surface area (Å²) in [7, 11) is 0. The van der Waals surface area contributed by atoms with Crippen molar-refractivity contribution in [2.75, 3.05) is 6.54 Å². The van der Waals surface area contributed by atoms with E-state index in [-0.39, 0.29) is 5.91 Å². The molecule has 1 amide bonds. The molecule has 1 saturated carbocycles. The number of halogens is 2. The third kappa shape index (κ3) is 3.44. The van der Waals surface area contributed by atoms with Crippen LogP contribution in [-0.2, 0) is 0 Å². The van der Waals surface area contributed by atoms with Crippen LogP contribution in [-0.4, -0.2) is 23.7 Å². The van der Waals surface area contributed by atoms with Gasteiger partial charge in [0.15, 0.2) is 0 Å². The highest BCUT2D eigenvalue weighted by atomic mass is 79.9. The van der Waals surface area contributed by atoms with Crippen molar-refractivity contribution in [3.63, 3.8) is 0 Å². The van der Waals surface area contributed by atoms with Crippen molar-refractivity contribution in [2.45, 2.75) is 18.9 Å². The maximum absolute atomic E-state index is 11.8. The molecule has 17 heavy (non-hydrogen) atoms. The van der Waals surface area contributed by atoms with E-state index in [2.05, 4.69) is 21.2 Å². The van der Waals surface area contributed by atoms with Gasteiger partial charge in [-0.2, -0.15) is 0 Å². The molecule has 1 aliphatic rings. The van der Waals surface area contributed by atoms with Gasteiger partial charge < -0.3 is 10.4 Å². The van der Waals surface area contributed by atoms with Gasteiger partial charge in [0.25, 0.3) is 5.91 Å². The Kier molecular flexibility index (Phi) is 4.07. The first-order valence-electron chi connectivity index (χ1n) is 5.49. The van der Waals surface area contributed by atoms with Crippen LogP contribution in [0.2, 0.25) is 5.02 Å². The van der Waals surface area contributed by atoms with Crippen molar-refractivity contribution in [3.05, 3.63) is 33.3 Å². The normalized spacial score (nSPS) is 16.6. The maximum Gasteiger partial charge on any atom is 0.251 e. The molecule has 0 aliphatic heterocycles. The minimum atomic E-state index is -0.426. The van der Waals surface area contributed by atoms with Crippen molar-refractivity contribution in [2.24, 2.45) is 5.92 Å². The van der Waals surface area contributed by atoms with Crippen LogP contribution in [0.25, 0.3) is 0 Å². The minimum Gasteiger partial charge on any atom is -0.391 e. The van der Waals surface area contributed by atoms with Crippen LogP contribution < -0.4 is 5.32 Å². The molecule has 0 bridgehead atoms. The van der Waals surface area contributed by atoms with Crippen LogP contribution in [0.15, 0.2) is 22.7 Å². The van der Waals surface area contributed by atoms with Gasteiger partial charge in [-0.05, 0) is 52.9 Å². The molecule has 5 heteroatoms. The van der Waals surface area contributed by atoms with Gasteiger partial charge in [-0.3, -0.25) is 4.79 Å². The summed E-state index contributed by atoms with van der Waals surface area (Å²) in [6, 6.07) is 5.02. The summed E-state index contributed by atoms with van der Waals surface area (Å²) in [5.74, 6) is 0.155. The molecule has 1 fully saturated rings. The number of rotatable bonds is 4. The first kappa shape index (κ1) is 12.9. The number of carbonyl (C=O) groups is 1. The van der Waals surface area contributed by atoms with E-state index in [1.807, 2.05) is 0 Å². The van der Waals surface area contributed by atoms with Crippen LogP contribution in [0.1, 0.15) is 23.2 Å². The molecular formula is C12H13BrClNO2. The van der Waals surface area contributed by atoms with Gasteiger partial charge in [0, 0.05) is 16.6 Å². The zero-order chi connectivity index (χ0) is 12.4.